The first-order chi connectivity index (χ1) is 10.9. The van der Waals surface area contributed by atoms with E-state index < -0.39 is 0 Å². The van der Waals surface area contributed by atoms with Crippen LogP contribution in [-0.4, -0.2) is 18.5 Å². The van der Waals surface area contributed by atoms with Crippen molar-refractivity contribution in [2.24, 2.45) is 0 Å². The Morgan fingerprint density at radius 1 is 1.17 bits per heavy atom. The van der Waals surface area contributed by atoms with Gasteiger partial charge in [-0.25, -0.2) is 0 Å². The molecule has 1 heterocycles. The number of rotatable bonds is 6. The van der Waals surface area contributed by atoms with Crippen molar-refractivity contribution in [3.05, 3.63) is 52.2 Å². The van der Waals surface area contributed by atoms with E-state index in [9.17, 15) is 4.79 Å². The average Bonchev–Trinajstić information content (AvgIpc) is 3.00. The lowest BCUT2D eigenvalue weighted by Gasteiger charge is -2.20. The van der Waals surface area contributed by atoms with Crippen LogP contribution >= 0.6 is 11.3 Å². The normalized spacial score (nSPS) is 12.7. The van der Waals surface area contributed by atoms with E-state index in [1.807, 2.05) is 25.1 Å². The SMILES string of the molecule is CC(Nc1ccc(C(C)(C)C)cc1)C(=O)NCCc1cccs1. The average molecular weight is 330 g/mol. The zero-order chi connectivity index (χ0) is 16.9. The summed E-state index contributed by atoms with van der Waals surface area (Å²) in [6.45, 7) is 9.14. The monoisotopic (exact) mass is 330 g/mol. The van der Waals surface area contributed by atoms with Crippen molar-refractivity contribution >= 4 is 22.9 Å². The van der Waals surface area contributed by atoms with Gasteiger partial charge in [0.05, 0.1) is 0 Å². The van der Waals surface area contributed by atoms with Gasteiger partial charge in [0.25, 0.3) is 0 Å². The fourth-order valence-corrected chi connectivity index (χ4v) is 3.01. The van der Waals surface area contributed by atoms with Crippen LogP contribution in [0.3, 0.4) is 0 Å². The molecule has 0 bridgehead atoms. The molecule has 1 amide bonds. The molecule has 0 aliphatic heterocycles. The molecule has 2 aromatic rings. The number of hydrogen-bond donors (Lipinski definition) is 2. The summed E-state index contributed by atoms with van der Waals surface area (Å²) in [5, 5.41) is 8.29. The molecular formula is C19H26N2OS. The minimum Gasteiger partial charge on any atom is -0.374 e. The summed E-state index contributed by atoms with van der Waals surface area (Å²) in [4.78, 5) is 13.4. The molecule has 1 aromatic heterocycles. The van der Waals surface area contributed by atoms with Crippen LogP contribution < -0.4 is 10.6 Å². The molecule has 0 radical (unpaired) electrons. The van der Waals surface area contributed by atoms with Crippen molar-refractivity contribution in [2.45, 2.75) is 45.6 Å². The summed E-state index contributed by atoms with van der Waals surface area (Å²) in [5.41, 5.74) is 2.40. The predicted molar refractivity (Wildman–Crippen MR) is 99.3 cm³/mol. The van der Waals surface area contributed by atoms with Crippen molar-refractivity contribution in [3.63, 3.8) is 0 Å². The number of anilines is 1. The van der Waals surface area contributed by atoms with E-state index in [1.165, 1.54) is 10.4 Å². The van der Waals surface area contributed by atoms with Gasteiger partial charge in [-0.15, -0.1) is 11.3 Å². The van der Waals surface area contributed by atoms with Crippen LogP contribution in [0.5, 0.6) is 0 Å². The Morgan fingerprint density at radius 2 is 1.87 bits per heavy atom. The largest absolute Gasteiger partial charge is 0.374 e. The third kappa shape index (κ3) is 5.39. The number of benzene rings is 1. The van der Waals surface area contributed by atoms with Gasteiger partial charge in [-0.05, 0) is 47.9 Å². The molecule has 23 heavy (non-hydrogen) atoms. The summed E-state index contributed by atoms with van der Waals surface area (Å²) < 4.78 is 0. The molecule has 4 heteroatoms. The molecule has 0 aliphatic carbocycles. The molecule has 1 atom stereocenters. The second kappa shape index (κ2) is 7.64. The molecule has 1 unspecified atom stereocenters. The molecule has 0 aliphatic rings. The van der Waals surface area contributed by atoms with Crippen LogP contribution in [0.4, 0.5) is 5.69 Å². The van der Waals surface area contributed by atoms with Gasteiger partial charge in [0.15, 0.2) is 0 Å². The topological polar surface area (TPSA) is 41.1 Å². The van der Waals surface area contributed by atoms with E-state index in [2.05, 4.69) is 55.0 Å². The highest BCUT2D eigenvalue weighted by molar-refractivity contribution is 7.09. The first-order valence-corrected chi connectivity index (χ1v) is 8.91. The lowest BCUT2D eigenvalue weighted by atomic mass is 9.87. The smallest absolute Gasteiger partial charge is 0.242 e. The number of thiophene rings is 1. The standard InChI is InChI=1S/C19H26N2OS/c1-14(18(22)20-12-11-17-6-5-13-23-17)21-16-9-7-15(8-10-16)19(2,3)4/h5-10,13-14,21H,11-12H2,1-4H3,(H,20,22). The maximum absolute atomic E-state index is 12.1. The van der Waals surface area contributed by atoms with E-state index in [0.29, 0.717) is 6.54 Å². The summed E-state index contributed by atoms with van der Waals surface area (Å²) in [5.74, 6) is 0.0291. The minimum absolute atomic E-state index is 0.0291. The lowest BCUT2D eigenvalue weighted by molar-refractivity contribution is -0.121. The number of amides is 1. The Hall–Kier alpha value is -1.81. The van der Waals surface area contributed by atoms with Gasteiger partial charge in [-0.3, -0.25) is 4.79 Å². The summed E-state index contributed by atoms with van der Waals surface area (Å²) in [7, 11) is 0. The van der Waals surface area contributed by atoms with Gasteiger partial charge in [0.1, 0.15) is 6.04 Å². The first kappa shape index (κ1) is 17.5. The Morgan fingerprint density at radius 3 is 2.43 bits per heavy atom. The van der Waals surface area contributed by atoms with Gasteiger partial charge in [0.2, 0.25) is 5.91 Å². The molecular weight excluding hydrogens is 304 g/mol. The van der Waals surface area contributed by atoms with Crippen molar-refractivity contribution < 1.29 is 4.79 Å². The molecule has 0 spiro atoms. The van der Waals surface area contributed by atoms with Gasteiger partial charge in [-0.2, -0.15) is 0 Å². The van der Waals surface area contributed by atoms with E-state index in [-0.39, 0.29) is 17.4 Å². The van der Waals surface area contributed by atoms with E-state index >= 15 is 0 Å². The van der Waals surface area contributed by atoms with Gasteiger partial charge < -0.3 is 10.6 Å². The molecule has 124 valence electrons. The third-order valence-corrected chi connectivity index (χ3v) is 4.71. The van der Waals surface area contributed by atoms with Crippen LogP contribution in [0, 0.1) is 0 Å². The number of hydrogen-bond acceptors (Lipinski definition) is 3. The van der Waals surface area contributed by atoms with E-state index in [1.54, 1.807) is 11.3 Å². The Kier molecular flexibility index (Phi) is 5.83. The number of nitrogens with one attached hydrogen (secondary N) is 2. The van der Waals surface area contributed by atoms with Crippen molar-refractivity contribution in [2.75, 3.05) is 11.9 Å². The zero-order valence-electron chi connectivity index (χ0n) is 14.3. The quantitative estimate of drug-likeness (QED) is 0.833. The Bertz CT molecular complexity index is 612. The van der Waals surface area contributed by atoms with Crippen molar-refractivity contribution in [1.29, 1.82) is 0 Å². The highest BCUT2D eigenvalue weighted by Gasteiger charge is 2.15. The highest BCUT2D eigenvalue weighted by atomic mass is 32.1. The zero-order valence-corrected chi connectivity index (χ0v) is 15.2. The third-order valence-electron chi connectivity index (χ3n) is 3.78. The fourth-order valence-electron chi connectivity index (χ4n) is 2.30. The maximum Gasteiger partial charge on any atom is 0.242 e. The van der Waals surface area contributed by atoms with Crippen LogP contribution in [0.2, 0.25) is 0 Å². The van der Waals surface area contributed by atoms with Crippen LogP contribution in [0.1, 0.15) is 38.1 Å². The first-order valence-electron chi connectivity index (χ1n) is 8.03. The molecule has 2 N–H and O–H groups in total. The highest BCUT2D eigenvalue weighted by Crippen LogP contribution is 2.23. The predicted octanol–water partition coefficient (Wildman–Crippen LogP) is 4.20. The van der Waals surface area contributed by atoms with Crippen LogP contribution in [0.15, 0.2) is 41.8 Å². The number of carbonyl (C=O) groups excluding carboxylic acids is 1. The van der Waals surface area contributed by atoms with E-state index in [0.717, 1.165) is 12.1 Å². The lowest BCUT2D eigenvalue weighted by Crippen LogP contribution is -2.38. The van der Waals surface area contributed by atoms with Crippen molar-refractivity contribution in [1.82, 2.24) is 5.32 Å². The van der Waals surface area contributed by atoms with Crippen LogP contribution in [0.25, 0.3) is 0 Å². The Balaban J connectivity index is 1.81. The summed E-state index contributed by atoms with van der Waals surface area (Å²) in [6, 6.07) is 12.2. The molecule has 1 aromatic carbocycles. The summed E-state index contributed by atoms with van der Waals surface area (Å²) >= 11 is 1.72. The molecule has 2 rings (SSSR count). The van der Waals surface area contributed by atoms with Gasteiger partial charge in [-0.1, -0.05) is 39.0 Å². The van der Waals surface area contributed by atoms with E-state index in [4.69, 9.17) is 0 Å². The Labute approximate surface area is 143 Å². The van der Waals surface area contributed by atoms with Gasteiger partial charge in [0, 0.05) is 17.1 Å². The second-order valence-electron chi connectivity index (χ2n) is 6.81. The molecule has 3 nitrogen and oxygen atoms in total. The fraction of sp³-hybridized carbons (Fsp3) is 0.421. The number of carbonyl (C=O) groups is 1. The van der Waals surface area contributed by atoms with Gasteiger partial charge >= 0.3 is 0 Å². The molecule has 0 fully saturated rings. The maximum atomic E-state index is 12.1. The summed E-state index contributed by atoms with van der Waals surface area (Å²) in [6.07, 6.45) is 0.885. The molecule has 0 saturated carbocycles. The molecule has 0 saturated heterocycles. The minimum atomic E-state index is -0.251. The van der Waals surface area contributed by atoms with Crippen LogP contribution in [-0.2, 0) is 16.6 Å². The van der Waals surface area contributed by atoms with Crippen molar-refractivity contribution in [3.8, 4) is 0 Å². The second-order valence-corrected chi connectivity index (χ2v) is 7.85.